The highest BCUT2D eigenvalue weighted by molar-refractivity contribution is 5.92. The minimum Gasteiger partial charge on any atom is -0.493 e. The molecule has 7 nitrogen and oxygen atoms in total. The first kappa shape index (κ1) is 18.9. The Labute approximate surface area is 159 Å². The summed E-state index contributed by atoms with van der Waals surface area (Å²) in [6.45, 7) is 2.92. The van der Waals surface area contributed by atoms with Crippen molar-refractivity contribution in [3.63, 3.8) is 0 Å². The fraction of sp³-hybridized carbons (Fsp3) is 0.450. The number of aromatic nitrogens is 2. The molecule has 1 amide bonds. The van der Waals surface area contributed by atoms with Gasteiger partial charge in [-0.25, -0.2) is 9.97 Å². The van der Waals surface area contributed by atoms with Gasteiger partial charge >= 0.3 is 0 Å². The van der Waals surface area contributed by atoms with Gasteiger partial charge in [-0.15, -0.1) is 0 Å². The summed E-state index contributed by atoms with van der Waals surface area (Å²) in [5.74, 6) is 1.59. The van der Waals surface area contributed by atoms with E-state index in [4.69, 9.17) is 9.47 Å². The molecule has 27 heavy (non-hydrogen) atoms. The number of benzene rings is 1. The van der Waals surface area contributed by atoms with Crippen LogP contribution in [-0.4, -0.2) is 47.6 Å². The summed E-state index contributed by atoms with van der Waals surface area (Å²) in [7, 11) is 3.17. The molecular formula is C20H26N4O3. The van der Waals surface area contributed by atoms with E-state index >= 15 is 0 Å². The molecule has 1 atom stereocenters. The van der Waals surface area contributed by atoms with E-state index < -0.39 is 0 Å². The molecule has 0 bridgehead atoms. The monoisotopic (exact) mass is 370 g/mol. The largest absolute Gasteiger partial charge is 0.493 e. The molecule has 1 saturated heterocycles. The number of rotatable bonds is 6. The molecule has 1 unspecified atom stereocenters. The topological polar surface area (TPSA) is 76.6 Å². The van der Waals surface area contributed by atoms with Crippen molar-refractivity contribution in [2.75, 3.05) is 26.1 Å². The first-order valence-electron chi connectivity index (χ1n) is 9.29. The molecule has 2 heterocycles. The molecule has 1 aliphatic heterocycles. The van der Waals surface area contributed by atoms with E-state index in [-0.39, 0.29) is 5.91 Å². The van der Waals surface area contributed by atoms with E-state index in [0.29, 0.717) is 29.2 Å². The standard InChI is InChI=1S/C20H26N4O3/c1-4-15-7-5-6-12-24(15)19(25)16-10-11-21-20(23-16)22-14-8-9-17(26-2)18(13-14)27-3/h8-11,13,15H,4-7,12H2,1-3H3,(H,21,22,23). The fourth-order valence-electron chi connectivity index (χ4n) is 3.42. The van der Waals surface area contributed by atoms with Crippen LogP contribution < -0.4 is 14.8 Å². The van der Waals surface area contributed by atoms with Crippen LogP contribution in [0.15, 0.2) is 30.5 Å². The summed E-state index contributed by atoms with van der Waals surface area (Å²) in [5.41, 5.74) is 1.16. The number of anilines is 2. The van der Waals surface area contributed by atoms with Gasteiger partial charge in [0.2, 0.25) is 5.95 Å². The Bertz CT molecular complexity index is 797. The van der Waals surface area contributed by atoms with Crippen LogP contribution >= 0.6 is 0 Å². The van der Waals surface area contributed by atoms with Gasteiger partial charge in [-0.1, -0.05) is 6.92 Å². The molecule has 1 aromatic heterocycles. The molecule has 7 heteroatoms. The molecule has 3 rings (SSSR count). The van der Waals surface area contributed by atoms with Crippen molar-refractivity contribution in [2.45, 2.75) is 38.6 Å². The molecular weight excluding hydrogens is 344 g/mol. The Morgan fingerprint density at radius 3 is 2.78 bits per heavy atom. The first-order chi connectivity index (χ1) is 13.2. The number of amides is 1. The zero-order valence-electron chi connectivity index (χ0n) is 16.1. The highest BCUT2D eigenvalue weighted by Crippen LogP contribution is 2.30. The summed E-state index contributed by atoms with van der Waals surface area (Å²) in [6, 6.07) is 7.41. The van der Waals surface area contributed by atoms with E-state index in [1.807, 2.05) is 11.0 Å². The second-order valence-electron chi connectivity index (χ2n) is 6.52. The lowest BCUT2D eigenvalue weighted by atomic mass is 9.99. The summed E-state index contributed by atoms with van der Waals surface area (Å²) < 4.78 is 10.6. The minimum absolute atomic E-state index is 0.0284. The molecule has 0 aliphatic carbocycles. The predicted molar refractivity (Wildman–Crippen MR) is 104 cm³/mol. The van der Waals surface area contributed by atoms with Crippen molar-refractivity contribution in [1.82, 2.24) is 14.9 Å². The Morgan fingerprint density at radius 1 is 1.22 bits per heavy atom. The number of nitrogens with one attached hydrogen (secondary N) is 1. The summed E-state index contributed by atoms with van der Waals surface area (Å²) in [4.78, 5) is 23.5. The average molecular weight is 370 g/mol. The highest BCUT2D eigenvalue weighted by atomic mass is 16.5. The van der Waals surface area contributed by atoms with Crippen LogP contribution in [0.2, 0.25) is 0 Å². The number of hydrogen-bond acceptors (Lipinski definition) is 6. The molecule has 0 radical (unpaired) electrons. The molecule has 144 valence electrons. The maximum atomic E-state index is 12.9. The second-order valence-corrected chi connectivity index (χ2v) is 6.52. The molecule has 1 fully saturated rings. The number of hydrogen-bond donors (Lipinski definition) is 1. The van der Waals surface area contributed by atoms with Crippen LogP contribution in [0.25, 0.3) is 0 Å². The van der Waals surface area contributed by atoms with Gasteiger partial charge in [0, 0.05) is 30.5 Å². The number of ether oxygens (including phenoxy) is 2. The molecule has 0 spiro atoms. The van der Waals surface area contributed by atoms with E-state index in [2.05, 4.69) is 22.2 Å². The van der Waals surface area contributed by atoms with E-state index in [9.17, 15) is 4.79 Å². The van der Waals surface area contributed by atoms with Gasteiger partial charge in [-0.2, -0.15) is 0 Å². The van der Waals surface area contributed by atoms with Crippen LogP contribution in [0.1, 0.15) is 43.1 Å². The van der Waals surface area contributed by atoms with Gasteiger partial charge in [-0.05, 0) is 43.9 Å². The third-order valence-corrected chi connectivity index (χ3v) is 4.87. The normalized spacial score (nSPS) is 16.7. The van der Waals surface area contributed by atoms with Crippen molar-refractivity contribution in [3.05, 3.63) is 36.2 Å². The third-order valence-electron chi connectivity index (χ3n) is 4.87. The van der Waals surface area contributed by atoms with E-state index in [1.165, 1.54) is 6.42 Å². The van der Waals surface area contributed by atoms with Crippen molar-refractivity contribution in [3.8, 4) is 11.5 Å². The maximum Gasteiger partial charge on any atom is 0.272 e. The molecule has 2 aromatic rings. The zero-order chi connectivity index (χ0) is 19.2. The van der Waals surface area contributed by atoms with Crippen molar-refractivity contribution in [1.29, 1.82) is 0 Å². The lowest BCUT2D eigenvalue weighted by molar-refractivity contribution is 0.0602. The Balaban J connectivity index is 1.78. The van der Waals surface area contributed by atoms with Crippen molar-refractivity contribution in [2.24, 2.45) is 0 Å². The SMILES string of the molecule is CCC1CCCCN1C(=O)c1ccnc(Nc2ccc(OC)c(OC)c2)n1. The fourth-order valence-corrected chi connectivity index (χ4v) is 3.42. The van der Waals surface area contributed by atoms with Crippen LogP contribution in [0.5, 0.6) is 11.5 Å². The quantitative estimate of drug-likeness (QED) is 0.836. The highest BCUT2D eigenvalue weighted by Gasteiger charge is 2.27. The summed E-state index contributed by atoms with van der Waals surface area (Å²) >= 11 is 0. The second kappa shape index (κ2) is 8.70. The number of carbonyl (C=O) groups excluding carboxylic acids is 1. The van der Waals surface area contributed by atoms with Gasteiger partial charge in [0.05, 0.1) is 14.2 Å². The number of carbonyl (C=O) groups is 1. The molecule has 1 aliphatic rings. The third kappa shape index (κ3) is 4.30. The smallest absolute Gasteiger partial charge is 0.272 e. The number of piperidine rings is 1. The molecule has 0 saturated carbocycles. The number of nitrogens with zero attached hydrogens (tertiary/aromatic N) is 3. The van der Waals surface area contributed by atoms with Crippen LogP contribution in [0.4, 0.5) is 11.6 Å². The number of likely N-dealkylation sites (tertiary alicyclic amines) is 1. The van der Waals surface area contributed by atoms with E-state index in [1.54, 1.807) is 38.6 Å². The van der Waals surface area contributed by atoms with Gasteiger partial charge in [0.25, 0.3) is 5.91 Å². The van der Waals surface area contributed by atoms with Crippen LogP contribution in [0, 0.1) is 0 Å². The van der Waals surface area contributed by atoms with Gasteiger partial charge < -0.3 is 19.7 Å². The number of methoxy groups -OCH3 is 2. The van der Waals surface area contributed by atoms with Gasteiger partial charge in [0.15, 0.2) is 11.5 Å². The maximum absolute atomic E-state index is 12.9. The summed E-state index contributed by atoms with van der Waals surface area (Å²) in [5, 5.41) is 3.12. The molecule has 1 N–H and O–H groups in total. The Morgan fingerprint density at radius 2 is 2.04 bits per heavy atom. The van der Waals surface area contributed by atoms with Crippen LogP contribution in [0.3, 0.4) is 0 Å². The first-order valence-corrected chi connectivity index (χ1v) is 9.29. The molecule has 1 aromatic carbocycles. The predicted octanol–water partition coefficient (Wildman–Crippen LogP) is 3.64. The lowest BCUT2D eigenvalue weighted by Crippen LogP contribution is -2.43. The van der Waals surface area contributed by atoms with Crippen LogP contribution in [-0.2, 0) is 0 Å². The van der Waals surface area contributed by atoms with Crippen molar-refractivity contribution < 1.29 is 14.3 Å². The van der Waals surface area contributed by atoms with Crippen molar-refractivity contribution >= 4 is 17.5 Å². The van der Waals surface area contributed by atoms with Gasteiger partial charge in [0.1, 0.15) is 5.69 Å². The Hall–Kier alpha value is -2.83. The zero-order valence-corrected chi connectivity index (χ0v) is 16.1. The average Bonchev–Trinajstić information content (AvgIpc) is 2.73. The Kier molecular flexibility index (Phi) is 6.11. The lowest BCUT2D eigenvalue weighted by Gasteiger charge is -2.35. The van der Waals surface area contributed by atoms with E-state index in [0.717, 1.165) is 31.5 Å². The minimum atomic E-state index is -0.0284. The summed E-state index contributed by atoms with van der Waals surface area (Å²) in [6.07, 6.45) is 5.86. The van der Waals surface area contributed by atoms with Gasteiger partial charge in [-0.3, -0.25) is 4.79 Å².